The molecule has 1 fully saturated rings. The third-order valence-corrected chi connectivity index (χ3v) is 4.05. The lowest BCUT2D eigenvalue weighted by Gasteiger charge is -2.17. The second-order valence-corrected chi connectivity index (χ2v) is 5.36. The van der Waals surface area contributed by atoms with E-state index >= 15 is 0 Å². The minimum absolute atomic E-state index is 0.223. The van der Waals surface area contributed by atoms with Gasteiger partial charge in [0, 0.05) is 31.4 Å². The van der Waals surface area contributed by atoms with Gasteiger partial charge in [-0.3, -0.25) is 14.4 Å². The predicted molar refractivity (Wildman–Crippen MR) is 76.5 cm³/mol. The van der Waals surface area contributed by atoms with E-state index in [1.165, 1.54) is 9.80 Å². The lowest BCUT2D eigenvalue weighted by molar-refractivity contribution is -0.146. The zero-order valence-electron chi connectivity index (χ0n) is 11.8. The molecule has 3 rings (SSSR count). The van der Waals surface area contributed by atoms with E-state index in [4.69, 9.17) is 0 Å². The molecule has 2 aliphatic rings. The third-order valence-electron chi connectivity index (χ3n) is 4.05. The summed E-state index contributed by atoms with van der Waals surface area (Å²) in [4.78, 5) is 39.4. The van der Waals surface area contributed by atoms with Gasteiger partial charge in [0.15, 0.2) is 0 Å². The Kier molecular flexibility index (Phi) is 3.37. The Hall–Kier alpha value is -2.37. The summed E-state index contributed by atoms with van der Waals surface area (Å²) in [6.45, 7) is 1.22. The Morgan fingerprint density at radius 1 is 1.19 bits per heavy atom. The largest absolute Gasteiger partial charge is 0.334 e. The standard InChI is InChI=1S/C15H17N3O3/c1-17-11-7-3-2-6-10(11)12(14(17)20)16-13(19)15(21)18-8-4-5-9-18/h2-3,6-7,12H,4-5,8-9H2,1H3,(H,16,19). The number of para-hydroxylation sites is 1. The van der Waals surface area contributed by atoms with Crippen LogP contribution in [0.15, 0.2) is 24.3 Å². The maximum atomic E-state index is 12.2. The van der Waals surface area contributed by atoms with Crippen LogP contribution in [0.5, 0.6) is 0 Å². The van der Waals surface area contributed by atoms with Gasteiger partial charge in [-0.25, -0.2) is 0 Å². The van der Waals surface area contributed by atoms with Crippen molar-refractivity contribution in [2.24, 2.45) is 0 Å². The van der Waals surface area contributed by atoms with E-state index in [2.05, 4.69) is 5.32 Å². The van der Waals surface area contributed by atoms with Crippen molar-refractivity contribution in [2.75, 3.05) is 25.0 Å². The van der Waals surface area contributed by atoms with E-state index in [1.807, 2.05) is 18.2 Å². The van der Waals surface area contributed by atoms with Gasteiger partial charge in [0.2, 0.25) is 0 Å². The molecular weight excluding hydrogens is 270 g/mol. The molecule has 0 saturated carbocycles. The second kappa shape index (κ2) is 5.20. The Balaban J connectivity index is 1.77. The molecule has 2 heterocycles. The number of hydrogen-bond donors (Lipinski definition) is 1. The highest BCUT2D eigenvalue weighted by molar-refractivity contribution is 6.35. The van der Waals surface area contributed by atoms with E-state index < -0.39 is 17.9 Å². The number of likely N-dealkylation sites (N-methyl/N-ethyl adjacent to an activating group) is 1. The Morgan fingerprint density at radius 2 is 1.86 bits per heavy atom. The van der Waals surface area contributed by atoms with Gasteiger partial charge in [-0.1, -0.05) is 18.2 Å². The number of fused-ring (bicyclic) bond motifs is 1. The number of carbonyl (C=O) groups is 3. The first-order chi connectivity index (χ1) is 10.1. The summed E-state index contributed by atoms with van der Waals surface area (Å²) in [6, 6.07) is 6.49. The van der Waals surface area contributed by atoms with Crippen LogP contribution in [0.4, 0.5) is 5.69 Å². The number of rotatable bonds is 1. The highest BCUT2D eigenvalue weighted by Gasteiger charge is 2.37. The minimum atomic E-state index is -0.773. The maximum absolute atomic E-state index is 12.2. The van der Waals surface area contributed by atoms with Gasteiger partial charge in [0.25, 0.3) is 5.91 Å². The zero-order chi connectivity index (χ0) is 15.0. The van der Waals surface area contributed by atoms with Gasteiger partial charge >= 0.3 is 11.8 Å². The Morgan fingerprint density at radius 3 is 2.57 bits per heavy atom. The maximum Gasteiger partial charge on any atom is 0.311 e. The Bertz CT molecular complexity index is 608. The van der Waals surface area contributed by atoms with Gasteiger partial charge in [0.05, 0.1) is 0 Å². The van der Waals surface area contributed by atoms with Crippen molar-refractivity contribution in [3.63, 3.8) is 0 Å². The number of amides is 3. The molecule has 0 radical (unpaired) electrons. The zero-order valence-corrected chi connectivity index (χ0v) is 11.8. The first-order valence-corrected chi connectivity index (χ1v) is 7.06. The van der Waals surface area contributed by atoms with Crippen molar-refractivity contribution < 1.29 is 14.4 Å². The molecule has 1 aromatic carbocycles. The average Bonchev–Trinajstić information content (AvgIpc) is 3.11. The van der Waals surface area contributed by atoms with Crippen LogP contribution in [0.3, 0.4) is 0 Å². The first kappa shape index (κ1) is 13.6. The molecule has 0 bridgehead atoms. The van der Waals surface area contributed by atoms with Crippen molar-refractivity contribution in [3.05, 3.63) is 29.8 Å². The summed E-state index contributed by atoms with van der Waals surface area (Å²) < 4.78 is 0. The van der Waals surface area contributed by atoms with Crippen LogP contribution in [-0.4, -0.2) is 42.8 Å². The molecule has 1 saturated heterocycles. The number of nitrogens with one attached hydrogen (secondary N) is 1. The molecule has 0 aromatic heterocycles. The highest BCUT2D eigenvalue weighted by atomic mass is 16.2. The van der Waals surface area contributed by atoms with Crippen LogP contribution < -0.4 is 10.2 Å². The molecule has 6 nitrogen and oxygen atoms in total. The van der Waals surface area contributed by atoms with Crippen molar-refractivity contribution in [2.45, 2.75) is 18.9 Å². The van der Waals surface area contributed by atoms with Crippen LogP contribution >= 0.6 is 0 Å². The fraction of sp³-hybridized carbons (Fsp3) is 0.400. The summed E-state index contributed by atoms with van der Waals surface area (Å²) in [6.07, 6.45) is 1.85. The summed E-state index contributed by atoms with van der Waals surface area (Å²) in [5, 5.41) is 2.57. The first-order valence-electron chi connectivity index (χ1n) is 7.06. The number of nitrogens with zero attached hydrogens (tertiary/aromatic N) is 2. The van der Waals surface area contributed by atoms with E-state index in [0.717, 1.165) is 24.1 Å². The molecule has 3 amide bonds. The van der Waals surface area contributed by atoms with Gasteiger partial charge in [0.1, 0.15) is 6.04 Å². The predicted octanol–water partition coefficient (Wildman–Crippen LogP) is 0.443. The van der Waals surface area contributed by atoms with E-state index in [0.29, 0.717) is 13.1 Å². The molecule has 1 aromatic rings. The van der Waals surface area contributed by atoms with Crippen LogP contribution in [-0.2, 0) is 14.4 Å². The molecule has 0 aliphatic carbocycles. The highest BCUT2D eigenvalue weighted by Crippen LogP contribution is 2.34. The molecule has 2 aliphatic heterocycles. The van der Waals surface area contributed by atoms with Crippen molar-refractivity contribution in [1.82, 2.24) is 10.2 Å². The molecule has 1 atom stereocenters. The number of carbonyl (C=O) groups excluding carboxylic acids is 3. The van der Waals surface area contributed by atoms with Gasteiger partial charge in [-0.15, -0.1) is 0 Å². The summed E-state index contributed by atoms with van der Waals surface area (Å²) >= 11 is 0. The minimum Gasteiger partial charge on any atom is -0.334 e. The number of benzene rings is 1. The van der Waals surface area contributed by atoms with E-state index in [1.54, 1.807) is 13.1 Å². The van der Waals surface area contributed by atoms with Crippen LogP contribution in [0.2, 0.25) is 0 Å². The van der Waals surface area contributed by atoms with Crippen LogP contribution in [0, 0.1) is 0 Å². The Labute approximate surface area is 122 Å². The molecule has 1 N–H and O–H groups in total. The van der Waals surface area contributed by atoms with Crippen LogP contribution in [0.25, 0.3) is 0 Å². The molecule has 110 valence electrons. The fourth-order valence-corrected chi connectivity index (χ4v) is 2.88. The molecule has 0 spiro atoms. The third kappa shape index (κ3) is 2.26. The monoisotopic (exact) mass is 287 g/mol. The molecule has 6 heteroatoms. The van der Waals surface area contributed by atoms with Crippen LogP contribution in [0.1, 0.15) is 24.4 Å². The average molecular weight is 287 g/mol. The molecule has 21 heavy (non-hydrogen) atoms. The van der Waals surface area contributed by atoms with Crippen molar-refractivity contribution in [3.8, 4) is 0 Å². The summed E-state index contributed by atoms with van der Waals surface area (Å²) in [5.74, 6) is -1.48. The van der Waals surface area contributed by atoms with Crippen molar-refractivity contribution in [1.29, 1.82) is 0 Å². The smallest absolute Gasteiger partial charge is 0.311 e. The number of anilines is 1. The number of hydrogen-bond acceptors (Lipinski definition) is 3. The summed E-state index contributed by atoms with van der Waals surface area (Å²) in [5.41, 5.74) is 1.49. The summed E-state index contributed by atoms with van der Waals surface area (Å²) in [7, 11) is 1.66. The van der Waals surface area contributed by atoms with E-state index in [-0.39, 0.29) is 5.91 Å². The normalized spacial score (nSPS) is 20.6. The fourth-order valence-electron chi connectivity index (χ4n) is 2.88. The molecular formula is C15H17N3O3. The van der Waals surface area contributed by atoms with Gasteiger partial charge in [-0.05, 0) is 18.9 Å². The lowest BCUT2D eigenvalue weighted by atomic mass is 10.1. The second-order valence-electron chi connectivity index (χ2n) is 5.36. The van der Waals surface area contributed by atoms with E-state index in [9.17, 15) is 14.4 Å². The van der Waals surface area contributed by atoms with Crippen molar-refractivity contribution >= 4 is 23.4 Å². The van der Waals surface area contributed by atoms with Gasteiger partial charge in [-0.2, -0.15) is 0 Å². The number of likely N-dealkylation sites (tertiary alicyclic amines) is 1. The van der Waals surface area contributed by atoms with Gasteiger partial charge < -0.3 is 15.1 Å². The lowest BCUT2D eigenvalue weighted by Crippen LogP contribution is -2.45. The molecule has 1 unspecified atom stereocenters. The quantitative estimate of drug-likeness (QED) is 0.762. The SMILES string of the molecule is CN1C(=O)C(NC(=O)C(=O)N2CCCC2)c2ccccc21. The topological polar surface area (TPSA) is 69.7 Å².